The molecule has 0 unspecified atom stereocenters. The lowest BCUT2D eigenvalue weighted by atomic mass is 10.1. The molecule has 0 aliphatic rings. The van der Waals surface area contributed by atoms with Crippen LogP contribution in [0.1, 0.15) is 13.8 Å². The van der Waals surface area contributed by atoms with Crippen molar-refractivity contribution in [3.05, 3.63) is 25.2 Å². The normalized spacial score (nSPS) is 11.6. The number of aromatic amines is 1. The van der Waals surface area contributed by atoms with E-state index in [-0.39, 0.29) is 5.54 Å². The summed E-state index contributed by atoms with van der Waals surface area (Å²) < 4.78 is 0. The molecule has 0 aliphatic carbocycles. The van der Waals surface area contributed by atoms with Crippen LogP contribution >= 0.6 is 0 Å². The molecule has 0 saturated heterocycles. The van der Waals surface area contributed by atoms with Gasteiger partial charge in [-0.2, -0.15) is 4.98 Å². The zero-order valence-electron chi connectivity index (χ0n) is 8.78. The lowest BCUT2D eigenvalue weighted by Gasteiger charge is -2.20. The van der Waals surface area contributed by atoms with E-state index in [9.17, 15) is 0 Å². The molecule has 0 spiro atoms. The first-order valence-corrected chi connectivity index (χ1v) is 4.68. The number of rotatable bonds is 3. The minimum atomic E-state index is -0.207. The van der Waals surface area contributed by atoms with Gasteiger partial charge in [-0.25, -0.2) is 9.97 Å². The Bertz CT molecular complexity index is 452. The van der Waals surface area contributed by atoms with E-state index in [4.69, 9.17) is 0 Å². The third-order valence-corrected chi connectivity index (χ3v) is 2.11. The fraction of sp³-hybridized carbons (Fsp3) is 0.300. The van der Waals surface area contributed by atoms with Crippen LogP contribution in [0, 0.1) is 0 Å². The first-order chi connectivity index (χ1) is 7.11. The Hall–Kier alpha value is -1.91. The molecule has 5 heteroatoms. The second-order valence-corrected chi connectivity index (χ2v) is 3.90. The van der Waals surface area contributed by atoms with Crippen molar-refractivity contribution < 1.29 is 0 Å². The van der Waals surface area contributed by atoms with Gasteiger partial charge >= 0.3 is 0 Å². The Morgan fingerprint density at radius 3 is 3.00 bits per heavy atom. The van der Waals surface area contributed by atoms with Gasteiger partial charge in [0.2, 0.25) is 5.95 Å². The highest BCUT2D eigenvalue weighted by atomic mass is 15.2. The van der Waals surface area contributed by atoms with Gasteiger partial charge in [0.15, 0.2) is 5.65 Å². The number of imidazole rings is 1. The molecule has 2 aromatic rings. The summed E-state index contributed by atoms with van der Waals surface area (Å²) in [7, 11) is 0. The van der Waals surface area contributed by atoms with Crippen LogP contribution in [0.25, 0.3) is 11.2 Å². The highest BCUT2D eigenvalue weighted by Gasteiger charge is 2.14. The monoisotopic (exact) mass is 203 g/mol. The minimum Gasteiger partial charge on any atom is -0.347 e. The summed E-state index contributed by atoms with van der Waals surface area (Å²) in [6.07, 6.45) is 5.00. The molecule has 0 saturated carbocycles. The van der Waals surface area contributed by atoms with Gasteiger partial charge in [-0.15, -0.1) is 6.58 Å². The maximum Gasteiger partial charge on any atom is 0.203 e. The Morgan fingerprint density at radius 2 is 2.33 bits per heavy atom. The summed E-state index contributed by atoms with van der Waals surface area (Å²) in [5, 5.41) is 3.20. The fourth-order valence-corrected chi connectivity index (χ4v) is 1.18. The molecule has 2 heterocycles. The summed E-state index contributed by atoms with van der Waals surface area (Å²) >= 11 is 0. The highest BCUT2D eigenvalue weighted by Crippen LogP contribution is 2.15. The molecule has 78 valence electrons. The van der Waals surface area contributed by atoms with Crippen LogP contribution in [0.3, 0.4) is 0 Å². The van der Waals surface area contributed by atoms with Crippen molar-refractivity contribution >= 4 is 17.1 Å². The van der Waals surface area contributed by atoms with Crippen LogP contribution in [0.2, 0.25) is 0 Å². The standard InChI is InChI=1S/C10H13N5/c1-4-10(2,3)15-9-13-7-5-11-6-12-8(7)14-9/h4-6H,1H2,2-3H3,(H2,11,12,13,14,15). The summed E-state index contributed by atoms with van der Waals surface area (Å²) in [6, 6.07) is 0. The second kappa shape index (κ2) is 3.34. The fourth-order valence-electron chi connectivity index (χ4n) is 1.18. The van der Waals surface area contributed by atoms with Gasteiger partial charge in [-0.3, -0.25) is 0 Å². The van der Waals surface area contributed by atoms with Crippen LogP contribution in [0.4, 0.5) is 5.95 Å². The Balaban J connectivity index is 2.33. The summed E-state index contributed by atoms with van der Waals surface area (Å²) in [4.78, 5) is 15.3. The number of nitrogens with one attached hydrogen (secondary N) is 2. The van der Waals surface area contributed by atoms with Crippen LogP contribution in [0.15, 0.2) is 25.2 Å². The smallest absolute Gasteiger partial charge is 0.203 e. The van der Waals surface area contributed by atoms with Crippen molar-refractivity contribution in [1.82, 2.24) is 19.9 Å². The molecule has 15 heavy (non-hydrogen) atoms. The van der Waals surface area contributed by atoms with E-state index in [2.05, 4.69) is 31.8 Å². The topological polar surface area (TPSA) is 66.5 Å². The number of aromatic nitrogens is 4. The van der Waals surface area contributed by atoms with Crippen molar-refractivity contribution in [2.45, 2.75) is 19.4 Å². The number of fused-ring (bicyclic) bond motifs is 1. The predicted molar refractivity (Wildman–Crippen MR) is 59.6 cm³/mol. The quantitative estimate of drug-likeness (QED) is 0.745. The first-order valence-electron chi connectivity index (χ1n) is 4.68. The number of hydrogen-bond acceptors (Lipinski definition) is 4. The Morgan fingerprint density at radius 1 is 1.53 bits per heavy atom. The van der Waals surface area contributed by atoms with Gasteiger partial charge in [-0.1, -0.05) is 6.08 Å². The van der Waals surface area contributed by atoms with Gasteiger partial charge in [0, 0.05) is 0 Å². The number of hydrogen-bond donors (Lipinski definition) is 2. The maximum atomic E-state index is 4.28. The average molecular weight is 203 g/mol. The third-order valence-electron chi connectivity index (χ3n) is 2.11. The Labute approximate surface area is 87.7 Å². The maximum absolute atomic E-state index is 4.28. The lowest BCUT2D eigenvalue weighted by Crippen LogP contribution is -2.28. The second-order valence-electron chi connectivity index (χ2n) is 3.90. The van der Waals surface area contributed by atoms with Crippen molar-refractivity contribution in [1.29, 1.82) is 0 Å². The first kappa shape index (κ1) is 9.64. The van der Waals surface area contributed by atoms with E-state index >= 15 is 0 Å². The average Bonchev–Trinajstić information content (AvgIpc) is 2.58. The van der Waals surface area contributed by atoms with Crippen molar-refractivity contribution in [2.75, 3.05) is 5.32 Å². The van der Waals surface area contributed by atoms with E-state index in [1.54, 1.807) is 6.20 Å². The molecule has 2 aromatic heterocycles. The van der Waals surface area contributed by atoms with Crippen LogP contribution < -0.4 is 5.32 Å². The SMILES string of the molecule is C=CC(C)(C)Nc1nc2ncncc2[nH]1. The zero-order valence-corrected chi connectivity index (χ0v) is 8.78. The van der Waals surface area contributed by atoms with E-state index in [0.717, 1.165) is 5.52 Å². The molecule has 0 radical (unpaired) electrons. The number of H-pyrrole nitrogens is 1. The molecule has 0 bridgehead atoms. The van der Waals surface area contributed by atoms with Crippen molar-refractivity contribution in [3.8, 4) is 0 Å². The molecule has 0 atom stereocenters. The zero-order chi connectivity index (χ0) is 10.9. The molecule has 0 amide bonds. The van der Waals surface area contributed by atoms with Gasteiger partial charge in [0.1, 0.15) is 11.8 Å². The van der Waals surface area contributed by atoms with E-state index < -0.39 is 0 Å². The molecule has 0 aromatic carbocycles. The van der Waals surface area contributed by atoms with Crippen molar-refractivity contribution in [2.24, 2.45) is 0 Å². The van der Waals surface area contributed by atoms with Gasteiger partial charge in [-0.05, 0) is 13.8 Å². The van der Waals surface area contributed by atoms with E-state index in [1.165, 1.54) is 6.33 Å². The largest absolute Gasteiger partial charge is 0.347 e. The van der Waals surface area contributed by atoms with Gasteiger partial charge < -0.3 is 10.3 Å². The van der Waals surface area contributed by atoms with Crippen LogP contribution in [-0.2, 0) is 0 Å². The summed E-state index contributed by atoms with van der Waals surface area (Å²) in [5.74, 6) is 0.676. The molecule has 0 fully saturated rings. The predicted octanol–water partition coefficient (Wildman–Crippen LogP) is 1.73. The van der Waals surface area contributed by atoms with Crippen molar-refractivity contribution in [3.63, 3.8) is 0 Å². The highest BCUT2D eigenvalue weighted by molar-refractivity contribution is 5.71. The molecule has 5 nitrogen and oxygen atoms in total. The van der Waals surface area contributed by atoms with Gasteiger partial charge in [0.05, 0.1) is 11.7 Å². The molecule has 2 rings (SSSR count). The molecule has 2 N–H and O–H groups in total. The van der Waals surface area contributed by atoms with Gasteiger partial charge in [0.25, 0.3) is 0 Å². The van der Waals surface area contributed by atoms with E-state index in [0.29, 0.717) is 11.6 Å². The summed E-state index contributed by atoms with van der Waals surface area (Å²) in [6.45, 7) is 7.78. The number of anilines is 1. The summed E-state index contributed by atoms with van der Waals surface area (Å²) in [5.41, 5.74) is 1.27. The third kappa shape index (κ3) is 1.96. The van der Waals surface area contributed by atoms with E-state index in [1.807, 2.05) is 19.9 Å². The van der Waals surface area contributed by atoms with Crippen LogP contribution in [-0.4, -0.2) is 25.5 Å². The lowest BCUT2D eigenvalue weighted by molar-refractivity contribution is 0.706. The minimum absolute atomic E-state index is 0.207. The van der Waals surface area contributed by atoms with Crippen LogP contribution in [0.5, 0.6) is 0 Å². The number of nitrogens with zero attached hydrogens (tertiary/aromatic N) is 3. The Kier molecular flexibility index (Phi) is 2.15. The molecular weight excluding hydrogens is 190 g/mol. The molecular formula is C10H13N5. The molecule has 0 aliphatic heterocycles.